The number of unbranched alkanes of at least 4 members (excludes halogenated alkanes) is 1. The molecular weight excluding hydrogens is 238 g/mol. The summed E-state index contributed by atoms with van der Waals surface area (Å²) in [4.78, 5) is 18.1. The van der Waals surface area contributed by atoms with E-state index in [-0.39, 0.29) is 5.91 Å². The highest BCUT2D eigenvalue weighted by atomic mass is 16.2. The van der Waals surface area contributed by atoms with Gasteiger partial charge in [-0.25, -0.2) is 0 Å². The van der Waals surface area contributed by atoms with Gasteiger partial charge in [-0.15, -0.1) is 0 Å². The van der Waals surface area contributed by atoms with Crippen LogP contribution in [0.25, 0.3) is 0 Å². The van der Waals surface area contributed by atoms with E-state index < -0.39 is 0 Å². The zero-order valence-electron chi connectivity index (χ0n) is 12.4. The van der Waals surface area contributed by atoms with Gasteiger partial charge in [-0.2, -0.15) is 0 Å². The van der Waals surface area contributed by atoms with Crippen molar-refractivity contribution in [1.29, 1.82) is 0 Å². The minimum absolute atomic E-state index is 0.0362. The number of rotatable bonds is 7. The van der Waals surface area contributed by atoms with E-state index in [1.165, 1.54) is 0 Å². The van der Waals surface area contributed by atoms with Gasteiger partial charge in [0.25, 0.3) is 5.91 Å². The van der Waals surface area contributed by atoms with E-state index in [1.54, 1.807) is 17.3 Å². The van der Waals surface area contributed by atoms with Crippen molar-refractivity contribution in [2.24, 2.45) is 5.92 Å². The molecule has 0 saturated heterocycles. The van der Waals surface area contributed by atoms with Crippen LogP contribution in [0.15, 0.2) is 18.5 Å². The van der Waals surface area contributed by atoms with Crippen LogP contribution in [-0.4, -0.2) is 35.9 Å². The van der Waals surface area contributed by atoms with Crippen LogP contribution in [0.3, 0.4) is 0 Å². The zero-order chi connectivity index (χ0) is 14.3. The largest absolute Gasteiger partial charge is 0.384 e. The first-order valence-corrected chi connectivity index (χ1v) is 6.99. The topological polar surface area (TPSA) is 45.2 Å². The highest BCUT2D eigenvalue weighted by Crippen LogP contribution is 2.11. The highest BCUT2D eigenvalue weighted by molar-refractivity contribution is 5.94. The first-order chi connectivity index (χ1) is 9.04. The first-order valence-electron chi connectivity index (χ1n) is 6.99. The van der Waals surface area contributed by atoms with Crippen molar-refractivity contribution in [3.8, 4) is 0 Å². The van der Waals surface area contributed by atoms with Crippen molar-refractivity contribution < 1.29 is 4.79 Å². The number of hydrogen-bond acceptors (Lipinski definition) is 3. The van der Waals surface area contributed by atoms with E-state index in [1.807, 2.05) is 13.1 Å². The summed E-state index contributed by atoms with van der Waals surface area (Å²) in [5.41, 5.74) is 1.55. The van der Waals surface area contributed by atoms with E-state index >= 15 is 0 Å². The molecule has 0 saturated carbocycles. The minimum atomic E-state index is 0.0362. The highest BCUT2D eigenvalue weighted by Gasteiger charge is 2.12. The fourth-order valence-corrected chi connectivity index (χ4v) is 1.69. The summed E-state index contributed by atoms with van der Waals surface area (Å²) in [6, 6.07) is 1.88. The van der Waals surface area contributed by atoms with Crippen LogP contribution in [0.2, 0.25) is 0 Å². The maximum atomic E-state index is 12.2. The fraction of sp³-hybridized carbons (Fsp3) is 0.600. The van der Waals surface area contributed by atoms with Gasteiger partial charge in [-0.3, -0.25) is 9.78 Å². The number of aromatic nitrogens is 1. The molecule has 0 fully saturated rings. The third-order valence-corrected chi connectivity index (χ3v) is 2.89. The molecular formula is C15H25N3O. The van der Waals surface area contributed by atoms with Gasteiger partial charge in [0.05, 0.1) is 11.3 Å². The number of nitrogens with one attached hydrogen (secondary N) is 1. The number of anilines is 1. The molecule has 106 valence electrons. The summed E-state index contributed by atoms with van der Waals surface area (Å²) in [5, 5.41) is 3.29. The number of pyridine rings is 1. The molecule has 0 unspecified atom stereocenters. The van der Waals surface area contributed by atoms with Crippen molar-refractivity contribution in [3.05, 3.63) is 24.0 Å². The Balaban J connectivity index is 2.67. The molecule has 4 heteroatoms. The van der Waals surface area contributed by atoms with Gasteiger partial charge >= 0.3 is 0 Å². The SMILES string of the molecule is CCCCN(C)C(=O)c1cncc(NCC(C)C)c1. The van der Waals surface area contributed by atoms with E-state index in [9.17, 15) is 4.79 Å². The summed E-state index contributed by atoms with van der Waals surface area (Å²) >= 11 is 0. The van der Waals surface area contributed by atoms with Crippen molar-refractivity contribution in [2.45, 2.75) is 33.6 Å². The van der Waals surface area contributed by atoms with Crippen molar-refractivity contribution in [2.75, 3.05) is 25.5 Å². The summed E-state index contributed by atoms with van der Waals surface area (Å²) in [6.07, 6.45) is 5.50. The average molecular weight is 263 g/mol. The standard InChI is InChI=1S/C15H25N3O/c1-5-6-7-18(4)15(19)13-8-14(11-16-10-13)17-9-12(2)3/h8,10-12,17H,5-7,9H2,1-4H3. The number of nitrogens with zero attached hydrogens (tertiary/aromatic N) is 2. The minimum Gasteiger partial charge on any atom is -0.384 e. The lowest BCUT2D eigenvalue weighted by Crippen LogP contribution is -2.27. The molecule has 0 aromatic carbocycles. The van der Waals surface area contributed by atoms with E-state index in [4.69, 9.17) is 0 Å². The smallest absolute Gasteiger partial charge is 0.255 e. The Morgan fingerprint density at radius 1 is 1.42 bits per heavy atom. The van der Waals surface area contributed by atoms with Crippen LogP contribution >= 0.6 is 0 Å². The molecule has 19 heavy (non-hydrogen) atoms. The van der Waals surface area contributed by atoms with Gasteiger partial charge in [-0.1, -0.05) is 27.2 Å². The second-order valence-electron chi connectivity index (χ2n) is 5.32. The summed E-state index contributed by atoms with van der Waals surface area (Å²) in [5.74, 6) is 0.598. The number of hydrogen-bond donors (Lipinski definition) is 1. The Hall–Kier alpha value is -1.58. The second-order valence-corrected chi connectivity index (χ2v) is 5.32. The Morgan fingerprint density at radius 3 is 2.79 bits per heavy atom. The van der Waals surface area contributed by atoms with Crippen LogP contribution in [0.4, 0.5) is 5.69 Å². The molecule has 1 N–H and O–H groups in total. The average Bonchev–Trinajstić information content (AvgIpc) is 2.42. The molecule has 0 aliphatic carbocycles. The lowest BCUT2D eigenvalue weighted by atomic mass is 10.2. The molecule has 0 spiro atoms. The quantitative estimate of drug-likeness (QED) is 0.822. The zero-order valence-corrected chi connectivity index (χ0v) is 12.4. The fourth-order valence-electron chi connectivity index (χ4n) is 1.69. The van der Waals surface area contributed by atoms with Crippen molar-refractivity contribution >= 4 is 11.6 Å². The maximum Gasteiger partial charge on any atom is 0.255 e. The molecule has 0 atom stereocenters. The predicted molar refractivity (Wildman–Crippen MR) is 79.4 cm³/mol. The van der Waals surface area contributed by atoms with E-state index in [0.717, 1.165) is 31.6 Å². The molecule has 1 rings (SSSR count). The number of carbonyl (C=O) groups is 1. The third kappa shape index (κ3) is 5.28. The van der Waals surface area contributed by atoms with Gasteiger partial charge in [-0.05, 0) is 18.4 Å². The molecule has 4 nitrogen and oxygen atoms in total. The molecule has 0 bridgehead atoms. The van der Waals surface area contributed by atoms with Gasteiger partial charge < -0.3 is 10.2 Å². The summed E-state index contributed by atoms with van der Waals surface area (Å²) < 4.78 is 0. The van der Waals surface area contributed by atoms with E-state index in [2.05, 4.69) is 31.1 Å². The number of amides is 1. The maximum absolute atomic E-state index is 12.2. The van der Waals surface area contributed by atoms with Crippen LogP contribution in [-0.2, 0) is 0 Å². The normalized spacial score (nSPS) is 10.6. The van der Waals surface area contributed by atoms with Crippen LogP contribution < -0.4 is 5.32 Å². The lowest BCUT2D eigenvalue weighted by molar-refractivity contribution is 0.0793. The molecule has 1 amide bonds. The van der Waals surface area contributed by atoms with Crippen LogP contribution in [0, 0.1) is 5.92 Å². The van der Waals surface area contributed by atoms with Gasteiger partial charge in [0.15, 0.2) is 0 Å². The predicted octanol–water partition coefficient (Wildman–Crippen LogP) is 3.02. The Labute approximate surface area is 116 Å². The number of carbonyl (C=O) groups excluding carboxylic acids is 1. The Bertz CT molecular complexity index is 404. The molecule has 0 aliphatic rings. The van der Waals surface area contributed by atoms with Crippen molar-refractivity contribution in [1.82, 2.24) is 9.88 Å². The van der Waals surface area contributed by atoms with E-state index in [0.29, 0.717) is 11.5 Å². The van der Waals surface area contributed by atoms with Gasteiger partial charge in [0.1, 0.15) is 0 Å². The molecule has 0 radical (unpaired) electrons. The third-order valence-electron chi connectivity index (χ3n) is 2.89. The van der Waals surface area contributed by atoms with Crippen LogP contribution in [0.5, 0.6) is 0 Å². The van der Waals surface area contributed by atoms with Gasteiger partial charge in [0.2, 0.25) is 0 Å². The molecule has 1 aromatic rings. The Kier molecular flexibility index (Phi) is 6.33. The molecule has 0 aliphatic heterocycles. The summed E-state index contributed by atoms with van der Waals surface area (Å²) in [6.45, 7) is 8.09. The Morgan fingerprint density at radius 2 is 2.16 bits per heavy atom. The van der Waals surface area contributed by atoms with Gasteiger partial charge in [0, 0.05) is 32.5 Å². The lowest BCUT2D eigenvalue weighted by Gasteiger charge is -2.17. The second kappa shape index (κ2) is 7.77. The molecule has 1 heterocycles. The molecule has 1 aromatic heterocycles. The first kappa shape index (κ1) is 15.5. The summed E-state index contributed by atoms with van der Waals surface area (Å²) in [7, 11) is 1.84. The van der Waals surface area contributed by atoms with Crippen molar-refractivity contribution in [3.63, 3.8) is 0 Å². The monoisotopic (exact) mass is 263 g/mol. The van der Waals surface area contributed by atoms with Crippen LogP contribution in [0.1, 0.15) is 44.0 Å².